The van der Waals surface area contributed by atoms with Crippen molar-refractivity contribution in [1.29, 1.82) is 0 Å². The highest BCUT2D eigenvalue weighted by Crippen LogP contribution is 2.31. The predicted octanol–water partition coefficient (Wildman–Crippen LogP) is 2.86. The Labute approximate surface area is 136 Å². The van der Waals surface area contributed by atoms with E-state index < -0.39 is 0 Å². The van der Waals surface area contributed by atoms with Crippen molar-refractivity contribution in [2.75, 3.05) is 5.73 Å². The lowest BCUT2D eigenvalue weighted by Crippen LogP contribution is -2.31. The third kappa shape index (κ3) is 4.49. The molecule has 0 bridgehead atoms. The fourth-order valence-corrected chi connectivity index (χ4v) is 3.26. The van der Waals surface area contributed by atoms with Crippen LogP contribution in [0.2, 0.25) is 0 Å². The molecule has 0 fully saturated rings. The van der Waals surface area contributed by atoms with E-state index in [2.05, 4.69) is 21.4 Å². The normalized spacial score (nSPS) is 10.4. The van der Waals surface area contributed by atoms with E-state index in [0.717, 1.165) is 31.9 Å². The molecule has 2 aromatic rings. The Morgan fingerprint density at radius 3 is 2.57 bits per heavy atom. The molecular formula is C15H16BrN3OS. The number of amides is 1. The molecule has 21 heavy (non-hydrogen) atoms. The molecule has 2 aromatic carbocycles. The summed E-state index contributed by atoms with van der Waals surface area (Å²) in [7, 11) is 0. The Kier molecular flexibility index (Phi) is 5.67. The standard InChI is InChI=1S/C15H16BrN3OS/c16-12-5-6-14(13(17)8-12)21-9-11-4-2-1-3-10(11)7-15(20)19-18/h1-6,8H,7,9,17-18H2,(H,19,20). The van der Waals surface area contributed by atoms with Gasteiger partial charge in [-0.1, -0.05) is 40.2 Å². The third-order valence-electron chi connectivity index (χ3n) is 2.99. The molecule has 0 saturated heterocycles. The van der Waals surface area contributed by atoms with E-state index in [4.69, 9.17) is 11.6 Å². The van der Waals surface area contributed by atoms with Crippen LogP contribution in [0, 0.1) is 0 Å². The van der Waals surface area contributed by atoms with Crippen molar-refractivity contribution >= 4 is 39.3 Å². The van der Waals surface area contributed by atoms with Crippen molar-refractivity contribution < 1.29 is 4.79 Å². The number of nitrogens with one attached hydrogen (secondary N) is 1. The second kappa shape index (κ2) is 7.49. The van der Waals surface area contributed by atoms with E-state index in [1.54, 1.807) is 11.8 Å². The van der Waals surface area contributed by atoms with Crippen LogP contribution in [-0.2, 0) is 17.0 Å². The van der Waals surface area contributed by atoms with Crippen LogP contribution in [0.4, 0.5) is 5.69 Å². The molecule has 0 saturated carbocycles. The van der Waals surface area contributed by atoms with Crippen LogP contribution >= 0.6 is 27.7 Å². The summed E-state index contributed by atoms with van der Waals surface area (Å²) >= 11 is 5.04. The summed E-state index contributed by atoms with van der Waals surface area (Å²) in [6.45, 7) is 0. The summed E-state index contributed by atoms with van der Waals surface area (Å²) in [6.07, 6.45) is 0.281. The number of benzene rings is 2. The molecule has 110 valence electrons. The first-order valence-corrected chi connectivity index (χ1v) is 8.12. The quantitative estimate of drug-likeness (QED) is 0.250. The number of rotatable bonds is 5. The Bertz CT molecular complexity index is 649. The van der Waals surface area contributed by atoms with E-state index in [-0.39, 0.29) is 12.3 Å². The summed E-state index contributed by atoms with van der Waals surface area (Å²) in [5.74, 6) is 5.69. The number of carbonyl (C=O) groups is 1. The lowest BCUT2D eigenvalue weighted by Gasteiger charge is -2.10. The molecule has 0 aliphatic rings. The largest absolute Gasteiger partial charge is 0.398 e. The van der Waals surface area contributed by atoms with E-state index in [0.29, 0.717) is 0 Å². The fourth-order valence-electron chi connectivity index (χ4n) is 1.90. The molecular weight excluding hydrogens is 350 g/mol. The maximum atomic E-state index is 11.4. The zero-order valence-corrected chi connectivity index (χ0v) is 13.7. The highest BCUT2D eigenvalue weighted by molar-refractivity contribution is 9.10. The fraction of sp³-hybridized carbons (Fsp3) is 0.133. The van der Waals surface area contributed by atoms with Gasteiger partial charge in [0.25, 0.3) is 0 Å². The lowest BCUT2D eigenvalue weighted by molar-refractivity contribution is -0.120. The van der Waals surface area contributed by atoms with E-state index in [9.17, 15) is 4.79 Å². The number of anilines is 1. The van der Waals surface area contributed by atoms with Crippen LogP contribution in [0.25, 0.3) is 0 Å². The summed E-state index contributed by atoms with van der Waals surface area (Å²) in [5, 5.41) is 0. The van der Waals surface area contributed by atoms with Gasteiger partial charge in [0.05, 0.1) is 6.42 Å². The van der Waals surface area contributed by atoms with Crippen LogP contribution in [0.5, 0.6) is 0 Å². The van der Waals surface area contributed by atoms with Gasteiger partial charge in [-0.3, -0.25) is 10.2 Å². The van der Waals surface area contributed by atoms with Gasteiger partial charge in [0.2, 0.25) is 5.91 Å². The van der Waals surface area contributed by atoms with Crippen LogP contribution in [0.15, 0.2) is 51.8 Å². The van der Waals surface area contributed by atoms with Gasteiger partial charge < -0.3 is 5.73 Å². The van der Waals surface area contributed by atoms with Gasteiger partial charge in [-0.05, 0) is 29.3 Å². The van der Waals surface area contributed by atoms with Crippen LogP contribution < -0.4 is 17.0 Å². The van der Waals surface area contributed by atoms with E-state index in [1.165, 1.54) is 0 Å². The van der Waals surface area contributed by atoms with Crippen LogP contribution in [0.1, 0.15) is 11.1 Å². The Morgan fingerprint density at radius 1 is 1.19 bits per heavy atom. The molecule has 0 aliphatic heterocycles. The van der Waals surface area contributed by atoms with Gasteiger partial charge >= 0.3 is 0 Å². The summed E-state index contributed by atoms with van der Waals surface area (Å²) in [5.41, 5.74) is 11.0. The minimum Gasteiger partial charge on any atom is -0.398 e. The maximum Gasteiger partial charge on any atom is 0.238 e. The maximum absolute atomic E-state index is 11.4. The van der Waals surface area contributed by atoms with E-state index in [1.807, 2.05) is 42.5 Å². The summed E-state index contributed by atoms with van der Waals surface area (Å²) in [6, 6.07) is 13.7. The molecule has 0 aliphatic carbocycles. The number of nitrogens with two attached hydrogens (primary N) is 2. The smallest absolute Gasteiger partial charge is 0.238 e. The third-order valence-corrected chi connectivity index (χ3v) is 4.62. The van der Waals surface area contributed by atoms with Crippen molar-refractivity contribution in [1.82, 2.24) is 5.43 Å². The van der Waals surface area contributed by atoms with Crippen molar-refractivity contribution in [2.45, 2.75) is 17.1 Å². The molecule has 1 amide bonds. The van der Waals surface area contributed by atoms with Crippen LogP contribution in [-0.4, -0.2) is 5.91 Å². The predicted molar refractivity (Wildman–Crippen MR) is 90.6 cm³/mol. The highest BCUT2D eigenvalue weighted by Gasteiger charge is 2.08. The van der Waals surface area contributed by atoms with Crippen molar-refractivity contribution in [3.8, 4) is 0 Å². The SMILES string of the molecule is NNC(=O)Cc1ccccc1CSc1ccc(Br)cc1N. The van der Waals surface area contributed by atoms with Crippen molar-refractivity contribution in [2.24, 2.45) is 5.84 Å². The Balaban J connectivity index is 2.11. The molecule has 0 spiro atoms. The zero-order chi connectivity index (χ0) is 15.2. The summed E-state index contributed by atoms with van der Waals surface area (Å²) < 4.78 is 0.962. The molecule has 4 nitrogen and oxygen atoms in total. The molecule has 0 radical (unpaired) electrons. The van der Waals surface area contributed by atoms with Crippen molar-refractivity contribution in [3.63, 3.8) is 0 Å². The lowest BCUT2D eigenvalue weighted by atomic mass is 10.1. The average molecular weight is 366 g/mol. The number of thioether (sulfide) groups is 1. The minimum absolute atomic E-state index is 0.199. The zero-order valence-electron chi connectivity index (χ0n) is 11.3. The first-order chi connectivity index (χ1) is 10.1. The summed E-state index contributed by atoms with van der Waals surface area (Å²) in [4.78, 5) is 12.5. The van der Waals surface area contributed by atoms with Gasteiger partial charge in [-0.25, -0.2) is 5.84 Å². The number of hydrazine groups is 1. The second-order valence-corrected chi connectivity index (χ2v) is 6.42. The Morgan fingerprint density at radius 2 is 1.90 bits per heavy atom. The average Bonchev–Trinajstić information content (AvgIpc) is 2.47. The minimum atomic E-state index is -0.199. The number of hydrogen-bond donors (Lipinski definition) is 3. The number of hydrogen-bond acceptors (Lipinski definition) is 4. The van der Waals surface area contributed by atoms with Gasteiger partial charge in [-0.15, -0.1) is 11.8 Å². The first kappa shape index (κ1) is 15.9. The van der Waals surface area contributed by atoms with Gasteiger partial charge in [0, 0.05) is 20.8 Å². The number of halogens is 1. The molecule has 0 aromatic heterocycles. The Hall–Kier alpha value is -1.50. The molecule has 0 atom stereocenters. The first-order valence-electron chi connectivity index (χ1n) is 6.34. The molecule has 6 heteroatoms. The monoisotopic (exact) mass is 365 g/mol. The number of carbonyl (C=O) groups excluding carboxylic acids is 1. The molecule has 0 heterocycles. The molecule has 0 unspecified atom stereocenters. The number of nitrogen functional groups attached to an aromatic ring is 1. The highest BCUT2D eigenvalue weighted by atomic mass is 79.9. The van der Waals surface area contributed by atoms with Gasteiger partial charge in [0.15, 0.2) is 0 Å². The van der Waals surface area contributed by atoms with Gasteiger partial charge in [-0.2, -0.15) is 0 Å². The second-order valence-electron chi connectivity index (χ2n) is 4.48. The van der Waals surface area contributed by atoms with Crippen LogP contribution in [0.3, 0.4) is 0 Å². The van der Waals surface area contributed by atoms with Crippen molar-refractivity contribution in [3.05, 3.63) is 58.1 Å². The topological polar surface area (TPSA) is 81.1 Å². The van der Waals surface area contributed by atoms with Gasteiger partial charge in [0.1, 0.15) is 0 Å². The van der Waals surface area contributed by atoms with E-state index >= 15 is 0 Å². The molecule has 5 N–H and O–H groups in total. The molecule has 2 rings (SSSR count).